The molecule has 1 amide bonds. The molecule has 0 radical (unpaired) electrons. The Balaban J connectivity index is 1.62. The maximum atomic E-state index is 13.5. The first-order chi connectivity index (χ1) is 16.3. The van der Waals surface area contributed by atoms with E-state index in [2.05, 4.69) is 11.4 Å². The molecule has 5 nitrogen and oxygen atoms in total. The molecule has 0 unspecified atom stereocenters. The van der Waals surface area contributed by atoms with Crippen LogP contribution < -0.4 is 5.32 Å². The fraction of sp³-hybridized carbons (Fsp3) is 0.240. The lowest BCUT2D eigenvalue weighted by Crippen LogP contribution is -2.42. The third-order valence-electron chi connectivity index (χ3n) is 5.87. The molecule has 4 rings (SSSR count). The zero-order chi connectivity index (χ0) is 24.3. The van der Waals surface area contributed by atoms with Crippen LogP contribution in [0.3, 0.4) is 0 Å². The summed E-state index contributed by atoms with van der Waals surface area (Å²) in [6, 6.07) is 18.6. The number of hydrogen-bond donors (Lipinski definition) is 1. The van der Waals surface area contributed by atoms with E-state index in [9.17, 15) is 13.2 Å². The molecule has 0 saturated carbocycles. The maximum absolute atomic E-state index is 13.5. The number of fused-ring (bicyclic) bond motifs is 1. The van der Waals surface area contributed by atoms with E-state index in [-0.39, 0.29) is 24.0 Å². The van der Waals surface area contributed by atoms with Gasteiger partial charge in [0.25, 0.3) is 0 Å². The Morgan fingerprint density at radius 3 is 2.32 bits per heavy atom. The van der Waals surface area contributed by atoms with Crippen molar-refractivity contribution in [1.82, 2.24) is 9.62 Å². The van der Waals surface area contributed by atoms with Crippen molar-refractivity contribution >= 4 is 50.7 Å². The highest BCUT2D eigenvalue weighted by Crippen LogP contribution is 2.31. The summed E-state index contributed by atoms with van der Waals surface area (Å²) in [4.78, 5) is 13.1. The number of rotatable bonds is 7. The van der Waals surface area contributed by atoms with Crippen molar-refractivity contribution in [3.8, 4) is 0 Å². The molecule has 1 aliphatic carbocycles. The van der Waals surface area contributed by atoms with Gasteiger partial charge in [0.1, 0.15) is 0 Å². The van der Waals surface area contributed by atoms with Gasteiger partial charge in [0.05, 0.1) is 17.5 Å². The lowest BCUT2D eigenvalue weighted by atomic mass is 9.88. The zero-order valence-corrected chi connectivity index (χ0v) is 21.3. The molecular formula is C25H23Cl3N2O3S. The minimum Gasteiger partial charge on any atom is -0.348 e. The van der Waals surface area contributed by atoms with Crippen LogP contribution in [-0.2, 0) is 27.8 Å². The second-order valence-electron chi connectivity index (χ2n) is 8.14. The van der Waals surface area contributed by atoms with Crippen molar-refractivity contribution in [2.75, 3.05) is 6.54 Å². The van der Waals surface area contributed by atoms with Crippen LogP contribution in [-0.4, -0.2) is 25.2 Å². The van der Waals surface area contributed by atoms with Gasteiger partial charge in [0.2, 0.25) is 15.9 Å². The Labute approximate surface area is 214 Å². The fourth-order valence-electron chi connectivity index (χ4n) is 4.15. The van der Waals surface area contributed by atoms with Gasteiger partial charge in [-0.1, -0.05) is 65.1 Å². The first-order valence-corrected chi connectivity index (χ1v) is 13.4. The number of benzene rings is 3. The van der Waals surface area contributed by atoms with E-state index < -0.39 is 15.9 Å². The van der Waals surface area contributed by atoms with Crippen molar-refractivity contribution in [2.45, 2.75) is 36.7 Å². The smallest absolute Gasteiger partial charge is 0.243 e. The zero-order valence-electron chi connectivity index (χ0n) is 18.2. The van der Waals surface area contributed by atoms with Crippen LogP contribution in [0.5, 0.6) is 0 Å². The molecule has 0 aromatic heterocycles. The van der Waals surface area contributed by atoms with Crippen LogP contribution in [0.2, 0.25) is 15.1 Å². The van der Waals surface area contributed by atoms with Gasteiger partial charge in [-0.25, -0.2) is 8.42 Å². The molecule has 0 heterocycles. The normalized spacial score (nSPS) is 15.7. The summed E-state index contributed by atoms with van der Waals surface area (Å²) in [6.45, 7) is -0.538. The molecule has 9 heteroatoms. The number of hydrogen-bond acceptors (Lipinski definition) is 3. The van der Waals surface area contributed by atoms with E-state index in [1.165, 1.54) is 29.8 Å². The van der Waals surface area contributed by atoms with E-state index in [0.29, 0.717) is 20.6 Å². The minimum atomic E-state index is -4.05. The molecule has 0 aliphatic heterocycles. The van der Waals surface area contributed by atoms with Gasteiger partial charge in [-0.3, -0.25) is 4.79 Å². The lowest BCUT2D eigenvalue weighted by molar-refractivity contribution is -0.122. The van der Waals surface area contributed by atoms with Crippen LogP contribution in [0.25, 0.3) is 0 Å². The number of aryl methyl sites for hydroxylation is 1. The Bertz CT molecular complexity index is 1280. The molecule has 0 bridgehead atoms. The highest BCUT2D eigenvalue weighted by Gasteiger charge is 2.30. The Hall–Kier alpha value is -2.09. The monoisotopic (exact) mass is 536 g/mol. The average molecular weight is 538 g/mol. The summed E-state index contributed by atoms with van der Waals surface area (Å²) < 4.78 is 28.1. The van der Waals surface area contributed by atoms with Gasteiger partial charge in [-0.2, -0.15) is 4.31 Å². The molecular weight excluding hydrogens is 515 g/mol. The van der Waals surface area contributed by atoms with Crippen LogP contribution in [0.1, 0.15) is 35.6 Å². The third kappa shape index (κ3) is 5.58. The number of halogens is 3. The predicted octanol–water partition coefficient (Wildman–Crippen LogP) is 6.03. The van der Waals surface area contributed by atoms with Gasteiger partial charge in [0, 0.05) is 27.2 Å². The van der Waals surface area contributed by atoms with E-state index in [1.54, 1.807) is 18.2 Å². The summed E-state index contributed by atoms with van der Waals surface area (Å²) in [7, 11) is -4.05. The molecule has 0 saturated heterocycles. The van der Waals surface area contributed by atoms with E-state index >= 15 is 0 Å². The van der Waals surface area contributed by atoms with E-state index in [0.717, 1.165) is 29.1 Å². The van der Waals surface area contributed by atoms with Crippen molar-refractivity contribution in [2.24, 2.45) is 0 Å². The van der Waals surface area contributed by atoms with E-state index in [4.69, 9.17) is 34.8 Å². The minimum absolute atomic E-state index is 0.0240. The van der Waals surface area contributed by atoms with E-state index in [1.807, 2.05) is 18.2 Å². The van der Waals surface area contributed by atoms with Gasteiger partial charge in [-0.05, 0) is 66.8 Å². The SMILES string of the molecule is O=C(CN(Cc1c(Cl)cccc1Cl)S(=O)(=O)c1ccc(Cl)cc1)N[C@@H]1CCCc2ccccc21. The van der Waals surface area contributed by atoms with Crippen molar-refractivity contribution in [3.05, 3.63) is 98.5 Å². The molecule has 34 heavy (non-hydrogen) atoms. The Morgan fingerprint density at radius 1 is 0.941 bits per heavy atom. The topological polar surface area (TPSA) is 66.5 Å². The first-order valence-electron chi connectivity index (χ1n) is 10.8. The molecule has 3 aromatic carbocycles. The second-order valence-corrected chi connectivity index (χ2v) is 11.3. The summed E-state index contributed by atoms with van der Waals surface area (Å²) >= 11 is 18.6. The second kappa shape index (κ2) is 10.7. The number of carbonyl (C=O) groups is 1. The lowest BCUT2D eigenvalue weighted by Gasteiger charge is -2.28. The summed E-state index contributed by atoms with van der Waals surface area (Å²) in [5.74, 6) is -0.401. The summed E-state index contributed by atoms with van der Waals surface area (Å²) in [5.41, 5.74) is 2.70. The molecule has 1 aliphatic rings. The number of amides is 1. The first kappa shape index (κ1) is 25.0. The highest BCUT2D eigenvalue weighted by atomic mass is 35.5. The number of nitrogens with zero attached hydrogens (tertiary/aromatic N) is 1. The molecule has 0 spiro atoms. The number of sulfonamides is 1. The average Bonchev–Trinajstić information content (AvgIpc) is 2.81. The Morgan fingerprint density at radius 2 is 1.62 bits per heavy atom. The van der Waals surface area contributed by atoms with Crippen molar-refractivity contribution < 1.29 is 13.2 Å². The van der Waals surface area contributed by atoms with Crippen molar-refractivity contribution in [3.63, 3.8) is 0 Å². The van der Waals surface area contributed by atoms with Gasteiger partial charge < -0.3 is 5.32 Å². The Kier molecular flexibility index (Phi) is 7.85. The molecule has 0 fully saturated rings. The predicted molar refractivity (Wildman–Crippen MR) is 136 cm³/mol. The quantitative estimate of drug-likeness (QED) is 0.400. The fourth-order valence-corrected chi connectivity index (χ4v) is 6.15. The van der Waals surface area contributed by atoms with Gasteiger partial charge in [-0.15, -0.1) is 0 Å². The van der Waals surface area contributed by atoms with Crippen LogP contribution in [0, 0.1) is 0 Å². The van der Waals surface area contributed by atoms with Gasteiger partial charge >= 0.3 is 0 Å². The summed E-state index contributed by atoms with van der Waals surface area (Å²) in [6.07, 6.45) is 2.71. The molecule has 1 N–H and O–H groups in total. The number of carbonyl (C=O) groups excluding carboxylic acids is 1. The van der Waals surface area contributed by atoms with Crippen LogP contribution >= 0.6 is 34.8 Å². The standard InChI is InChI=1S/C25H23Cl3N2O3S/c26-18-11-13-19(14-12-18)34(32,33)30(15-21-22(27)8-4-9-23(21)28)16-25(31)29-24-10-3-6-17-5-1-2-7-20(17)24/h1-2,4-5,7-9,11-14,24H,3,6,10,15-16H2,(H,29,31)/t24-/m1/s1. The summed E-state index contributed by atoms with van der Waals surface area (Å²) in [5, 5.41) is 4.08. The molecule has 1 atom stereocenters. The maximum Gasteiger partial charge on any atom is 0.243 e. The molecule has 3 aromatic rings. The molecule has 178 valence electrons. The van der Waals surface area contributed by atoms with Gasteiger partial charge in [0.15, 0.2) is 0 Å². The van der Waals surface area contributed by atoms with Crippen molar-refractivity contribution in [1.29, 1.82) is 0 Å². The highest BCUT2D eigenvalue weighted by molar-refractivity contribution is 7.89. The third-order valence-corrected chi connectivity index (χ3v) is 8.64. The number of nitrogens with one attached hydrogen (secondary N) is 1. The van der Waals surface area contributed by atoms with Crippen LogP contribution in [0.4, 0.5) is 0 Å². The van der Waals surface area contributed by atoms with Crippen LogP contribution in [0.15, 0.2) is 71.6 Å². The largest absolute Gasteiger partial charge is 0.348 e.